The fraction of sp³-hybridized carbons (Fsp3) is 0.609. The lowest BCUT2D eigenvalue weighted by molar-refractivity contribution is -0.138. The molecular formula is C23H38IN5O4. The zero-order valence-electron chi connectivity index (χ0n) is 20.0. The maximum Gasteiger partial charge on any atom is 0.224 e. The highest BCUT2D eigenvalue weighted by molar-refractivity contribution is 14.0. The van der Waals surface area contributed by atoms with Crippen LogP contribution in [0.2, 0.25) is 0 Å². The Bertz CT molecular complexity index is 737. The van der Waals surface area contributed by atoms with Gasteiger partial charge in [-0.05, 0) is 31.0 Å². The molecule has 0 unspecified atom stereocenters. The average molecular weight is 575 g/mol. The second-order valence-corrected chi connectivity index (χ2v) is 7.55. The number of carbonyl (C=O) groups is 2. The second kappa shape index (κ2) is 16.5. The molecule has 186 valence electrons. The Morgan fingerprint density at radius 2 is 1.67 bits per heavy atom. The van der Waals surface area contributed by atoms with E-state index in [0.717, 1.165) is 24.3 Å². The van der Waals surface area contributed by atoms with E-state index in [1.54, 1.807) is 18.9 Å². The van der Waals surface area contributed by atoms with Crippen molar-refractivity contribution in [2.45, 2.75) is 33.2 Å². The molecular weight excluding hydrogens is 537 g/mol. The summed E-state index contributed by atoms with van der Waals surface area (Å²) in [5.74, 6) is 1.64. The van der Waals surface area contributed by atoms with Crippen molar-refractivity contribution in [1.29, 1.82) is 0 Å². The Morgan fingerprint density at radius 1 is 1.03 bits per heavy atom. The lowest BCUT2D eigenvalue weighted by atomic mass is 10.2. The van der Waals surface area contributed by atoms with Crippen LogP contribution in [0.15, 0.2) is 29.3 Å². The summed E-state index contributed by atoms with van der Waals surface area (Å²) < 4.78 is 10.6. The van der Waals surface area contributed by atoms with Crippen molar-refractivity contribution in [3.05, 3.63) is 29.8 Å². The molecule has 0 bridgehead atoms. The lowest BCUT2D eigenvalue weighted by Gasteiger charge is -2.34. The van der Waals surface area contributed by atoms with Crippen molar-refractivity contribution < 1.29 is 19.1 Å². The molecule has 10 heteroatoms. The number of nitrogens with zero attached hydrogens (tertiary/aromatic N) is 3. The Labute approximate surface area is 214 Å². The van der Waals surface area contributed by atoms with E-state index in [0.29, 0.717) is 64.9 Å². The molecule has 2 rings (SSSR count). The molecule has 1 aromatic carbocycles. The number of aliphatic imine (C=N–C) groups is 1. The van der Waals surface area contributed by atoms with E-state index >= 15 is 0 Å². The van der Waals surface area contributed by atoms with E-state index < -0.39 is 0 Å². The van der Waals surface area contributed by atoms with Gasteiger partial charge in [0, 0.05) is 65.8 Å². The first-order valence-electron chi connectivity index (χ1n) is 11.3. The highest BCUT2D eigenvalue weighted by atomic mass is 127. The quantitative estimate of drug-likeness (QED) is 0.181. The predicted molar refractivity (Wildman–Crippen MR) is 140 cm³/mol. The molecule has 0 spiro atoms. The Hall–Kier alpha value is -2.08. The van der Waals surface area contributed by atoms with Gasteiger partial charge < -0.3 is 29.9 Å². The second-order valence-electron chi connectivity index (χ2n) is 7.55. The fourth-order valence-corrected chi connectivity index (χ4v) is 3.32. The van der Waals surface area contributed by atoms with Gasteiger partial charge in [0.2, 0.25) is 11.8 Å². The molecule has 0 aromatic heterocycles. The third-order valence-corrected chi connectivity index (χ3v) is 5.25. The summed E-state index contributed by atoms with van der Waals surface area (Å²) in [7, 11) is 1.64. The Morgan fingerprint density at radius 3 is 2.27 bits per heavy atom. The van der Waals surface area contributed by atoms with Gasteiger partial charge in [-0.2, -0.15) is 0 Å². The number of carbonyl (C=O) groups excluding carboxylic acids is 2. The van der Waals surface area contributed by atoms with Crippen molar-refractivity contribution in [1.82, 2.24) is 20.4 Å². The van der Waals surface area contributed by atoms with Crippen molar-refractivity contribution in [2.24, 2.45) is 4.99 Å². The number of hydrogen-bond donors (Lipinski definition) is 2. The Kier molecular flexibility index (Phi) is 14.5. The molecule has 0 atom stereocenters. The molecule has 1 saturated heterocycles. The van der Waals surface area contributed by atoms with E-state index in [9.17, 15) is 9.59 Å². The third kappa shape index (κ3) is 11.1. The monoisotopic (exact) mass is 575 g/mol. The zero-order valence-corrected chi connectivity index (χ0v) is 22.3. The number of piperazine rings is 1. The molecule has 1 heterocycles. The first kappa shape index (κ1) is 29.0. The molecule has 2 amide bonds. The van der Waals surface area contributed by atoms with E-state index in [1.165, 1.54) is 0 Å². The van der Waals surface area contributed by atoms with Gasteiger partial charge >= 0.3 is 0 Å². The summed E-state index contributed by atoms with van der Waals surface area (Å²) in [6, 6.07) is 7.80. The summed E-state index contributed by atoms with van der Waals surface area (Å²) in [6.45, 7) is 9.07. The number of benzene rings is 1. The summed E-state index contributed by atoms with van der Waals surface area (Å²) in [5.41, 5.74) is 1.07. The van der Waals surface area contributed by atoms with Crippen LogP contribution >= 0.6 is 24.0 Å². The number of hydrogen-bond acceptors (Lipinski definition) is 5. The first-order valence-corrected chi connectivity index (χ1v) is 11.3. The predicted octanol–water partition coefficient (Wildman–Crippen LogP) is 1.86. The van der Waals surface area contributed by atoms with Crippen LogP contribution in [0.3, 0.4) is 0 Å². The van der Waals surface area contributed by atoms with E-state index in [4.69, 9.17) is 9.47 Å². The van der Waals surface area contributed by atoms with E-state index in [1.807, 2.05) is 36.1 Å². The maximum absolute atomic E-state index is 12.5. The van der Waals surface area contributed by atoms with Gasteiger partial charge in [0.15, 0.2) is 5.96 Å². The summed E-state index contributed by atoms with van der Waals surface area (Å²) >= 11 is 0. The summed E-state index contributed by atoms with van der Waals surface area (Å²) in [4.78, 5) is 32.2. The normalized spacial score (nSPS) is 13.8. The molecule has 33 heavy (non-hydrogen) atoms. The number of rotatable bonds is 11. The minimum absolute atomic E-state index is 0. The highest BCUT2D eigenvalue weighted by Crippen LogP contribution is 2.11. The largest absolute Gasteiger partial charge is 0.497 e. The van der Waals surface area contributed by atoms with Gasteiger partial charge in [0.1, 0.15) is 5.75 Å². The van der Waals surface area contributed by atoms with Crippen LogP contribution in [0, 0.1) is 0 Å². The molecule has 2 N–H and O–H groups in total. The topological polar surface area (TPSA) is 95.5 Å². The number of nitrogens with one attached hydrogen (secondary N) is 2. The number of halogens is 1. The molecule has 9 nitrogen and oxygen atoms in total. The van der Waals surface area contributed by atoms with Crippen LogP contribution < -0.4 is 15.4 Å². The van der Waals surface area contributed by atoms with Crippen LogP contribution in [0.5, 0.6) is 5.75 Å². The first-order chi connectivity index (χ1) is 15.5. The smallest absolute Gasteiger partial charge is 0.224 e. The van der Waals surface area contributed by atoms with Gasteiger partial charge in [0.05, 0.1) is 13.7 Å². The number of ether oxygens (including phenoxy) is 2. The number of amides is 2. The van der Waals surface area contributed by atoms with Gasteiger partial charge in [0.25, 0.3) is 0 Å². The lowest BCUT2D eigenvalue weighted by Crippen LogP contribution is -2.50. The van der Waals surface area contributed by atoms with Crippen molar-refractivity contribution in [3.8, 4) is 5.75 Å². The van der Waals surface area contributed by atoms with Gasteiger partial charge in [-0.25, -0.2) is 4.99 Å². The van der Waals surface area contributed by atoms with Crippen LogP contribution in [0.1, 0.15) is 32.3 Å². The zero-order chi connectivity index (χ0) is 23.2. The molecule has 1 aromatic rings. The van der Waals surface area contributed by atoms with Crippen LogP contribution in [-0.4, -0.2) is 87.2 Å². The van der Waals surface area contributed by atoms with Crippen molar-refractivity contribution >= 4 is 41.8 Å². The molecule has 0 radical (unpaired) electrons. The summed E-state index contributed by atoms with van der Waals surface area (Å²) in [5, 5.41) is 6.57. The fourth-order valence-electron chi connectivity index (χ4n) is 3.32. The molecule has 1 aliphatic heterocycles. The number of methoxy groups -OCH3 is 1. The van der Waals surface area contributed by atoms with Gasteiger partial charge in [-0.3, -0.25) is 9.59 Å². The third-order valence-electron chi connectivity index (χ3n) is 5.25. The minimum Gasteiger partial charge on any atom is -0.497 e. The van der Waals surface area contributed by atoms with Crippen LogP contribution in [-0.2, 0) is 20.9 Å². The maximum atomic E-state index is 12.5. The van der Waals surface area contributed by atoms with Gasteiger partial charge in [-0.15, -0.1) is 24.0 Å². The van der Waals surface area contributed by atoms with Crippen molar-refractivity contribution in [3.63, 3.8) is 0 Å². The van der Waals surface area contributed by atoms with Crippen LogP contribution in [0.25, 0.3) is 0 Å². The van der Waals surface area contributed by atoms with E-state index in [-0.39, 0.29) is 35.8 Å². The minimum atomic E-state index is 0. The molecule has 0 aliphatic carbocycles. The molecule has 1 fully saturated rings. The van der Waals surface area contributed by atoms with Crippen molar-refractivity contribution in [2.75, 3.05) is 59.6 Å². The SMILES string of the molecule is CCOCCCNC(=NCc1ccc(OC)cc1)NCCC(=O)N1CCN(C(C)=O)CC1.I. The summed E-state index contributed by atoms with van der Waals surface area (Å²) in [6.07, 6.45) is 1.25. The molecule has 0 saturated carbocycles. The highest BCUT2D eigenvalue weighted by Gasteiger charge is 2.21. The Balaban J connectivity index is 0.00000544. The molecule has 1 aliphatic rings. The number of guanidine groups is 1. The standard InChI is InChI=1S/C23H37N5O4.HI/c1-4-32-17-5-11-24-23(26-18-20-6-8-21(31-3)9-7-20)25-12-10-22(30)28-15-13-27(14-16-28)19(2)29;/h6-9H,4-5,10-18H2,1-3H3,(H2,24,25,26);1H. The van der Waals surface area contributed by atoms with Crippen LogP contribution in [0.4, 0.5) is 0 Å². The van der Waals surface area contributed by atoms with E-state index in [2.05, 4.69) is 15.6 Å². The average Bonchev–Trinajstić information content (AvgIpc) is 2.82. The van der Waals surface area contributed by atoms with Gasteiger partial charge in [-0.1, -0.05) is 12.1 Å².